The number of nitrogens with two attached hydrogens (primary N) is 1. The highest BCUT2D eigenvalue weighted by molar-refractivity contribution is 6.89. The average molecular weight is 502 g/mol. The number of ether oxygens (including phenoxy) is 4. The fraction of sp³-hybridized carbons (Fsp3) is 0.481. The zero-order valence-corrected chi connectivity index (χ0v) is 22.6. The second-order valence-electron chi connectivity index (χ2n) is 9.12. The first-order valence-electron chi connectivity index (χ1n) is 12.2. The molecule has 0 aromatic heterocycles. The lowest BCUT2D eigenvalue weighted by Gasteiger charge is -2.24. The lowest BCUT2D eigenvalue weighted by Crippen LogP contribution is -2.57. The Bertz CT molecular complexity index is 942. The van der Waals surface area contributed by atoms with Crippen molar-refractivity contribution >= 4 is 25.2 Å². The molecule has 35 heavy (non-hydrogen) atoms. The molecule has 2 aromatic rings. The summed E-state index contributed by atoms with van der Waals surface area (Å²) in [5, 5.41) is 1.38. The third kappa shape index (κ3) is 8.11. The van der Waals surface area contributed by atoms with E-state index in [-0.39, 0.29) is 19.6 Å². The molecule has 0 aliphatic rings. The Morgan fingerprint density at radius 1 is 0.943 bits per heavy atom. The normalized spacial score (nSPS) is 11.6. The Morgan fingerprint density at radius 3 is 2.14 bits per heavy atom. The van der Waals surface area contributed by atoms with Crippen molar-refractivity contribution in [2.75, 3.05) is 26.9 Å². The average Bonchev–Trinajstić information content (AvgIpc) is 2.86. The summed E-state index contributed by atoms with van der Waals surface area (Å²) in [7, 11) is 0.113. The van der Waals surface area contributed by atoms with Crippen LogP contribution in [0.3, 0.4) is 0 Å². The number of hydrogen-bond donors (Lipinski definition) is 1. The van der Waals surface area contributed by atoms with E-state index in [4.69, 9.17) is 24.7 Å². The molecule has 0 radical (unpaired) electrons. The first-order chi connectivity index (χ1) is 16.7. The SMILES string of the molecule is CCOC(=O)C(N)(CCc1ccc(OCCC[Si](C)(C)c2cccc(OC)c2)cc1)C(=O)OCC. The lowest BCUT2D eigenvalue weighted by atomic mass is 9.92. The van der Waals surface area contributed by atoms with E-state index in [9.17, 15) is 9.59 Å². The van der Waals surface area contributed by atoms with E-state index in [1.54, 1.807) is 21.0 Å². The van der Waals surface area contributed by atoms with E-state index in [2.05, 4.69) is 31.3 Å². The maximum atomic E-state index is 12.3. The van der Waals surface area contributed by atoms with Crippen LogP contribution in [-0.2, 0) is 25.5 Å². The Hall–Kier alpha value is -2.84. The standard InChI is InChI=1S/C27H39NO6Si/c1-6-32-25(29)27(28,26(30)33-7-2)17-16-21-12-14-22(15-13-21)34-18-9-19-35(4,5)24-11-8-10-23(20-24)31-3/h8,10-15,20H,6-7,9,16-19,28H2,1-5H3. The predicted octanol–water partition coefficient (Wildman–Crippen LogP) is 3.84. The molecule has 0 unspecified atom stereocenters. The molecule has 0 aliphatic heterocycles. The zero-order valence-electron chi connectivity index (χ0n) is 21.6. The first kappa shape index (κ1) is 28.4. The third-order valence-electron chi connectivity index (χ3n) is 6.08. The predicted molar refractivity (Wildman–Crippen MR) is 140 cm³/mol. The van der Waals surface area contributed by atoms with Crippen LogP contribution in [0.15, 0.2) is 48.5 Å². The van der Waals surface area contributed by atoms with E-state index in [1.165, 1.54) is 5.19 Å². The summed E-state index contributed by atoms with van der Waals surface area (Å²) in [6, 6.07) is 17.1. The molecule has 0 saturated heterocycles. The summed E-state index contributed by atoms with van der Waals surface area (Å²) in [4.78, 5) is 24.7. The number of carbonyl (C=O) groups excluding carboxylic acids is 2. The van der Waals surface area contributed by atoms with Crippen molar-refractivity contribution in [3.05, 3.63) is 54.1 Å². The molecule has 2 aromatic carbocycles. The molecule has 0 bridgehead atoms. The number of esters is 2. The van der Waals surface area contributed by atoms with E-state index < -0.39 is 25.6 Å². The van der Waals surface area contributed by atoms with Gasteiger partial charge in [-0.05, 0) is 62.9 Å². The van der Waals surface area contributed by atoms with Crippen molar-refractivity contribution in [3.8, 4) is 11.5 Å². The molecule has 192 valence electrons. The number of carbonyl (C=O) groups is 2. The van der Waals surface area contributed by atoms with Gasteiger partial charge in [0.1, 0.15) is 11.5 Å². The molecule has 0 spiro atoms. The van der Waals surface area contributed by atoms with Crippen LogP contribution in [0, 0.1) is 0 Å². The van der Waals surface area contributed by atoms with E-state index in [0.29, 0.717) is 13.0 Å². The topological polar surface area (TPSA) is 97.1 Å². The van der Waals surface area contributed by atoms with Gasteiger partial charge in [-0.15, -0.1) is 0 Å². The number of aryl methyl sites for hydroxylation is 1. The Balaban J connectivity index is 1.87. The van der Waals surface area contributed by atoms with Crippen LogP contribution < -0.4 is 20.4 Å². The highest BCUT2D eigenvalue weighted by Crippen LogP contribution is 2.20. The minimum atomic E-state index is -1.82. The molecule has 2 rings (SSSR count). The number of hydrogen-bond acceptors (Lipinski definition) is 7. The van der Waals surface area contributed by atoms with E-state index >= 15 is 0 Å². The molecule has 0 heterocycles. The minimum absolute atomic E-state index is 0.0921. The highest BCUT2D eigenvalue weighted by Gasteiger charge is 2.44. The second-order valence-corrected chi connectivity index (χ2v) is 14.0. The van der Waals surface area contributed by atoms with E-state index in [1.807, 2.05) is 30.3 Å². The second kappa shape index (κ2) is 13.3. The molecule has 8 heteroatoms. The largest absolute Gasteiger partial charge is 0.497 e. The maximum Gasteiger partial charge on any atom is 0.337 e. The van der Waals surface area contributed by atoms with Gasteiger partial charge in [0.25, 0.3) is 0 Å². The van der Waals surface area contributed by atoms with Crippen molar-refractivity contribution < 1.29 is 28.5 Å². The fourth-order valence-electron chi connectivity index (χ4n) is 3.79. The Labute approximate surface area is 209 Å². The molecule has 0 saturated carbocycles. The van der Waals surface area contributed by atoms with Crippen LogP contribution in [0.2, 0.25) is 19.1 Å². The van der Waals surface area contributed by atoms with Gasteiger partial charge in [-0.2, -0.15) is 0 Å². The van der Waals surface area contributed by atoms with Gasteiger partial charge in [-0.25, -0.2) is 9.59 Å². The van der Waals surface area contributed by atoms with Crippen LogP contribution in [0.5, 0.6) is 11.5 Å². The molecule has 0 atom stereocenters. The van der Waals surface area contributed by atoms with Gasteiger partial charge in [0.2, 0.25) is 5.54 Å². The van der Waals surface area contributed by atoms with Gasteiger partial charge in [0, 0.05) is 0 Å². The third-order valence-corrected chi connectivity index (χ3v) is 9.55. The van der Waals surface area contributed by atoms with Crippen molar-refractivity contribution in [2.24, 2.45) is 5.73 Å². The van der Waals surface area contributed by atoms with Crippen molar-refractivity contribution in [2.45, 2.75) is 57.8 Å². The minimum Gasteiger partial charge on any atom is -0.497 e. The first-order valence-corrected chi connectivity index (χ1v) is 15.4. The monoisotopic (exact) mass is 501 g/mol. The van der Waals surface area contributed by atoms with Gasteiger partial charge in [0.05, 0.1) is 35.0 Å². The van der Waals surface area contributed by atoms with Crippen LogP contribution >= 0.6 is 0 Å². The summed E-state index contributed by atoms with van der Waals surface area (Å²) in [5.41, 5.74) is 5.25. The Kier molecular flexibility index (Phi) is 10.8. The molecular formula is C27H39NO6Si. The zero-order chi connectivity index (χ0) is 25.9. The summed E-state index contributed by atoms with van der Waals surface area (Å²) in [5.74, 6) is 0.151. The Morgan fingerprint density at radius 2 is 1.57 bits per heavy atom. The molecule has 0 aliphatic carbocycles. The molecule has 0 amide bonds. The fourth-order valence-corrected chi connectivity index (χ4v) is 6.19. The van der Waals surface area contributed by atoms with Gasteiger partial charge >= 0.3 is 11.9 Å². The van der Waals surface area contributed by atoms with Crippen molar-refractivity contribution in [1.29, 1.82) is 0 Å². The summed E-state index contributed by atoms with van der Waals surface area (Å²) in [6.07, 6.45) is 1.48. The van der Waals surface area contributed by atoms with Gasteiger partial charge < -0.3 is 24.7 Å². The smallest absolute Gasteiger partial charge is 0.337 e. The molecule has 2 N–H and O–H groups in total. The van der Waals surface area contributed by atoms with Crippen LogP contribution in [0.1, 0.15) is 32.3 Å². The van der Waals surface area contributed by atoms with Gasteiger partial charge in [-0.3, -0.25) is 0 Å². The number of methoxy groups -OCH3 is 1. The molecular weight excluding hydrogens is 462 g/mol. The van der Waals surface area contributed by atoms with Crippen molar-refractivity contribution in [3.63, 3.8) is 0 Å². The molecule has 0 fully saturated rings. The summed E-state index contributed by atoms with van der Waals surface area (Å²) in [6.45, 7) is 8.98. The number of rotatable bonds is 14. The van der Waals surface area contributed by atoms with E-state index in [0.717, 1.165) is 29.5 Å². The highest BCUT2D eigenvalue weighted by atomic mass is 28.3. The summed E-state index contributed by atoms with van der Waals surface area (Å²) >= 11 is 0. The van der Waals surface area contributed by atoms with Crippen LogP contribution in [-0.4, -0.2) is 52.5 Å². The van der Waals surface area contributed by atoms with Crippen LogP contribution in [0.4, 0.5) is 0 Å². The maximum absolute atomic E-state index is 12.3. The lowest BCUT2D eigenvalue weighted by molar-refractivity contribution is -0.164. The van der Waals surface area contributed by atoms with Gasteiger partial charge in [0.15, 0.2) is 0 Å². The van der Waals surface area contributed by atoms with Gasteiger partial charge in [-0.1, -0.05) is 48.6 Å². The van der Waals surface area contributed by atoms with Crippen molar-refractivity contribution in [1.82, 2.24) is 0 Å². The summed E-state index contributed by atoms with van der Waals surface area (Å²) < 4.78 is 21.3. The quantitative estimate of drug-likeness (QED) is 0.182. The van der Waals surface area contributed by atoms with Crippen LogP contribution in [0.25, 0.3) is 0 Å². The molecule has 7 nitrogen and oxygen atoms in total. The number of benzene rings is 2.